The molecule has 4 nitrogen and oxygen atoms in total. The van der Waals surface area contributed by atoms with Crippen molar-refractivity contribution in [2.24, 2.45) is 5.92 Å². The van der Waals surface area contributed by atoms with Gasteiger partial charge in [0.2, 0.25) is 0 Å². The molecule has 1 aliphatic rings. The molecule has 0 aliphatic carbocycles. The highest BCUT2D eigenvalue weighted by molar-refractivity contribution is 5.98. The summed E-state index contributed by atoms with van der Waals surface area (Å²) >= 11 is 0. The number of hydrogen-bond acceptors (Lipinski definition) is 3. The average Bonchev–Trinajstić information content (AvgIpc) is 2.85. The molecule has 3 rings (SSSR count). The molecule has 0 atom stereocenters. The molecule has 1 aromatic heterocycles. The molecule has 1 saturated heterocycles. The van der Waals surface area contributed by atoms with Crippen molar-refractivity contribution in [3.63, 3.8) is 0 Å². The molecule has 120 valence electrons. The minimum Gasteiger partial charge on any atom is -0.451 e. The van der Waals surface area contributed by atoms with E-state index in [1.165, 1.54) is 0 Å². The second-order valence-electron chi connectivity index (χ2n) is 5.85. The fourth-order valence-corrected chi connectivity index (χ4v) is 3.15. The van der Waals surface area contributed by atoms with Crippen LogP contribution in [-0.4, -0.2) is 37.5 Å². The Morgan fingerprint density at radius 2 is 2.00 bits per heavy atom. The molecule has 5 heteroatoms. The summed E-state index contributed by atoms with van der Waals surface area (Å²) in [5.41, 5.74) is 1.75. The number of nitrogens with zero attached hydrogens (tertiary/aromatic N) is 1. The third-order valence-electron chi connectivity index (χ3n) is 4.43. The van der Waals surface area contributed by atoms with Crippen molar-refractivity contribution in [3.05, 3.63) is 35.6 Å². The Morgan fingerprint density at radius 1 is 1.32 bits per heavy atom. The third-order valence-corrected chi connectivity index (χ3v) is 4.43. The first-order chi connectivity index (χ1) is 10.2. The van der Waals surface area contributed by atoms with Gasteiger partial charge in [-0.05, 0) is 45.3 Å². The van der Waals surface area contributed by atoms with E-state index in [-0.39, 0.29) is 18.3 Å². The second kappa shape index (κ2) is 7.16. The maximum absolute atomic E-state index is 12.7. The highest BCUT2D eigenvalue weighted by Crippen LogP contribution is 2.27. The fraction of sp³-hybridized carbons (Fsp3) is 0.471. The number of nitrogens with one attached hydrogen (secondary N) is 1. The van der Waals surface area contributed by atoms with Crippen molar-refractivity contribution in [1.82, 2.24) is 10.2 Å². The summed E-state index contributed by atoms with van der Waals surface area (Å²) in [6, 6.07) is 7.83. The summed E-state index contributed by atoms with van der Waals surface area (Å²) in [5.74, 6) is 1.21. The van der Waals surface area contributed by atoms with Crippen LogP contribution in [0.5, 0.6) is 0 Å². The summed E-state index contributed by atoms with van der Waals surface area (Å²) in [6.07, 6.45) is 2.12. The molecule has 1 aromatic carbocycles. The molecular formula is C17H23ClN2O2. The van der Waals surface area contributed by atoms with Crippen LogP contribution in [0.2, 0.25) is 0 Å². The van der Waals surface area contributed by atoms with Gasteiger partial charge in [0.1, 0.15) is 5.58 Å². The predicted octanol–water partition coefficient (Wildman–Crippen LogP) is 3.23. The van der Waals surface area contributed by atoms with Crippen molar-refractivity contribution in [3.8, 4) is 0 Å². The van der Waals surface area contributed by atoms with Crippen molar-refractivity contribution >= 4 is 29.3 Å². The van der Waals surface area contributed by atoms with Crippen LogP contribution in [0.3, 0.4) is 0 Å². The zero-order valence-electron chi connectivity index (χ0n) is 13.1. The van der Waals surface area contributed by atoms with Crippen LogP contribution < -0.4 is 5.32 Å². The fourth-order valence-electron chi connectivity index (χ4n) is 3.15. The summed E-state index contributed by atoms with van der Waals surface area (Å²) in [6.45, 7) is 4.64. The zero-order chi connectivity index (χ0) is 14.8. The monoisotopic (exact) mass is 322 g/mol. The van der Waals surface area contributed by atoms with Crippen molar-refractivity contribution in [1.29, 1.82) is 0 Å². The minimum atomic E-state index is 0. The highest BCUT2D eigenvalue weighted by Gasteiger charge is 2.27. The van der Waals surface area contributed by atoms with Crippen molar-refractivity contribution in [2.75, 3.05) is 26.7 Å². The van der Waals surface area contributed by atoms with E-state index in [0.29, 0.717) is 11.7 Å². The molecular weight excluding hydrogens is 300 g/mol. The largest absolute Gasteiger partial charge is 0.451 e. The summed E-state index contributed by atoms with van der Waals surface area (Å²) in [4.78, 5) is 14.6. The Kier molecular flexibility index (Phi) is 5.48. The number of rotatable bonds is 3. The van der Waals surface area contributed by atoms with E-state index < -0.39 is 0 Å². The molecule has 22 heavy (non-hydrogen) atoms. The molecule has 1 fully saturated rings. The molecule has 2 aromatic rings. The number of hydrogen-bond donors (Lipinski definition) is 1. The molecule has 0 bridgehead atoms. The van der Waals surface area contributed by atoms with E-state index in [9.17, 15) is 4.79 Å². The molecule has 0 radical (unpaired) electrons. The number of fused-ring (bicyclic) bond motifs is 1. The van der Waals surface area contributed by atoms with E-state index in [4.69, 9.17) is 4.42 Å². The number of halogens is 1. The van der Waals surface area contributed by atoms with E-state index >= 15 is 0 Å². The Morgan fingerprint density at radius 3 is 2.64 bits per heavy atom. The summed E-state index contributed by atoms with van der Waals surface area (Å²) < 4.78 is 5.78. The van der Waals surface area contributed by atoms with Crippen molar-refractivity contribution in [2.45, 2.75) is 19.8 Å². The van der Waals surface area contributed by atoms with Gasteiger partial charge in [0, 0.05) is 24.0 Å². The number of carbonyl (C=O) groups is 1. The van der Waals surface area contributed by atoms with Crippen LogP contribution in [0, 0.1) is 12.8 Å². The molecule has 1 N–H and O–H groups in total. The van der Waals surface area contributed by atoms with Crippen LogP contribution >= 0.6 is 12.4 Å². The molecule has 1 aliphatic heterocycles. The van der Waals surface area contributed by atoms with Crippen molar-refractivity contribution < 1.29 is 9.21 Å². The van der Waals surface area contributed by atoms with Gasteiger partial charge < -0.3 is 14.6 Å². The van der Waals surface area contributed by atoms with Gasteiger partial charge in [-0.3, -0.25) is 4.79 Å². The van der Waals surface area contributed by atoms with Gasteiger partial charge in [-0.1, -0.05) is 18.2 Å². The maximum Gasteiger partial charge on any atom is 0.289 e. The Balaban J connectivity index is 0.00000176. The lowest BCUT2D eigenvalue weighted by molar-refractivity contribution is 0.0660. The third kappa shape index (κ3) is 3.13. The van der Waals surface area contributed by atoms with Gasteiger partial charge in [0.05, 0.1) is 0 Å². The average molecular weight is 323 g/mol. The number of para-hydroxylation sites is 1. The standard InChI is InChI=1S/C17H22N2O2.ClH/c1-12-14-5-3-4-6-15(14)21-16(12)17(20)19-9-7-13(8-10-19)11-18-2;/h3-6,13,18H,7-11H2,1-2H3;1H. The zero-order valence-corrected chi connectivity index (χ0v) is 13.9. The van der Waals surface area contributed by atoms with E-state index in [2.05, 4.69) is 5.32 Å². The van der Waals surface area contributed by atoms with Crippen LogP contribution in [0.1, 0.15) is 29.0 Å². The lowest BCUT2D eigenvalue weighted by Crippen LogP contribution is -2.40. The number of piperidine rings is 1. The van der Waals surface area contributed by atoms with Gasteiger partial charge in [-0.15, -0.1) is 12.4 Å². The molecule has 0 saturated carbocycles. The number of furan rings is 1. The van der Waals surface area contributed by atoms with Crippen LogP contribution in [0.25, 0.3) is 11.0 Å². The number of amides is 1. The maximum atomic E-state index is 12.7. The Labute approximate surface area is 137 Å². The first-order valence-corrected chi connectivity index (χ1v) is 7.62. The first-order valence-electron chi connectivity index (χ1n) is 7.62. The van der Waals surface area contributed by atoms with Crippen LogP contribution in [0.4, 0.5) is 0 Å². The van der Waals surface area contributed by atoms with Crippen LogP contribution in [-0.2, 0) is 0 Å². The minimum absolute atomic E-state index is 0. The van der Waals surface area contributed by atoms with Gasteiger partial charge in [-0.25, -0.2) is 0 Å². The molecule has 2 heterocycles. The number of carbonyl (C=O) groups excluding carboxylic acids is 1. The lowest BCUT2D eigenvalue weighted by atomic mass is 9.96. The number of likely N-dealkylation sites (tertiary alicyclic amines) is 1. The predicted molar refractivity (Wildman–Crippen MR) is 90.8 cm³/mol. The summed E-state index contributed by atoms with van der Waals surface area (Å²) in [7, 11) is 1.98. The number of benzene rings is 1. The van der Waals surface area contributed by atoms with Gasteiger partial charge in [0.15, 0.2) is 5.76 Å². The molecule has 0 unspecified atom stereocenters. The summed E-state index contributed by atoms with van der Waals surface area (Å²) in [5, 5.41) is 4.25. The molecule has 1 amide bonds. The van der Waals surface area contributed by atoms with E-state index in [0.717, 1.165) is 49.0 Å². The first kappa shape index (κ1) is 16.8. The quantitative estimate of drug-likeness (QED) is 0.943. The smallest absolute Gasteiger partial charge is 0.289 e. The Bertz CT molecular complexity index is 645. The molecule has 0 spiro atoms. The number of aryl methyl sites for hydroxylation is 1. The van der Waals surface area contributed by atoms with E-state index in [1.54, 1.807) is 0 Å². The second-order valence-corrected chi connectivity index (χ2v) is 5.85. The van der Waals surface area contributed by atoms with Gasteiger partial charge >= 0.3 is 0 Å². The highest BCUT2D eigenvalue weighted by atomic mass is 35.5. The topological polar surface area (TPSA) is 45.5 Å². The van der Waals surface area contributed by atoms with Crippen LogP contribution in [0.15, 0.2) is 28.7 Å². The Hall–Kier alpha value is -1.52. The normalized spacial score (nSPS) is 15.8. The lowest BCUT2D eigenvalue weighted by Gasteiger charge is -2.31. The van der Waals surface area contributed by atoms with E-state index in [1.807, 2.05) is 43.1 Å². The van der Waals surface area contributed by atoms with Gasteiger partial charge in [-0.2, -0.15) is 0 Å². The SMILES string of the molecule is CNCC1CCN(C(=O)c2oc3ccccc3c2C)CC1.Cl. The van der Waals surface area contributed by atoms with Gasteiger partial charge in [0.25, 0.3) is 5.91 Å².